The van der Waals surface area contributed by atoms with Gasteiger partial charge in [-0.3, -0.25) is 4.79 Å². The van der Waals surface area contributed by atoms with Crippen molar-refractivity contribution in [2.75, 3.05) is 25.5 Å². The number of sulfonamides is 1. The molecule has 1 unspecified atom stereocenters. The smallest absolute Gasteiger partial charge is 0.251 e. The van der Waals surface area contributed by atoms with Gasteiger partial charge in [-0.1, -0.05) is 20.8 Å². The highest BCUT2D eigenvalue weighted by Gasteiger charge is 2.30. The Kier molecular flexibility index (Phi) is 6.46. The second-order valence-electron chi connectivity index (χ2n) is 6.80. The van der Waals surface area contributed by atoms with Gasteiger partial charge in [0.1, 0.15) is 4.90 Å². The van der Waals surface area contributed by atoms with Gasteiger partial charge in [0.05, 0.1) is 5.69 Å². The van der Waals surface area contributed by atoms with E-state index in [4.69, 9.17) is 0 Å². The van der Waals surface area contributed by atoms with Crippen LogP contribution in [0.25, 0.3) is 0 Å². The quantitative estimate of drug-likeness (QED) is 0.777. The van der Waals surface area contributed by atoms with E-state index >= 15 is 0 Å². The summed E-state index contributed by atoms with van der Waals surface area (Å²) in [6.45, 7) is 7.21. The molecule has 7 heteroatoms. The molecule has 1 amide bonds. The van der Waals surface area contributed by atoms with Gasteiger partial charge in [-0.2, -0.15) is 4.31 Å². The number of rotatable bonds is 7. The van der Waals surface area contributed by atoms with Gasteiger partial charge in [0.15, 0.2) is 0 Å². The number of hydrogen-bond donors (Lipinski definition) is 2. The van der Waals surface area contributed by atoms with Crippen LogP contribution in [0.4, 0.5) is 5.69 Å². The van der Waals surface area contributed by atoms with Crippen LogP contribution >= 0.6 is 0 Å². The van der Waals surface area contributed by atoms with Gasteiger partial charge in [-0.05, 0) is 43.4 Å². The van der Waals surface area contributed by atoms with Crippen molar-refractivity contribution in [3.8, 4) is 0 Å². The molecule has 6 nitrogen and oxygen atoms in total. The lowest BCUT2D eigenvalue weighted by Crippen LogP contribution is -2.38. The molecule has 1 aromatic rings. The summed E-state index contributed by atoms with van der Waals surface area (Å²) in [6, 6.07) is 4.88. The monoisotopic (exact) mass is 367 g/mol. The average Bonchev–Trinajstić information content (AvgIpc) is 3.14. The molecular formula is C18H29N3O3S. The molecule has 0 saturated carbocycles. The van der Waals surface area contributed by atoms with Crippen molar-refractivity contribution in [1.29, 1.82) is 0 Å². The molecule has 1 saturated heterocycles. The van der Waals surface area contributed by atoms with Crippen molar-refractivity contribution in [2.24, 2.45) is 5.92 Å². The van der Waals surface area contributed by atoms with Crippen LogP contribution in [0, 0.1) is 5.92 Å². The molecule has 0 aromatic heterocycles. The predicted molar refractivity (Wildman–Crippen MR) is 100 cm³/mol. The van der Waals surface area contributed by atoms with Crippen LogP contribution < -0.4 is 10.6 Å². The van der Waals surface area contributed by atoms with E-state index in [1.165, 1.54) is 10.4 Å². The predicted octanol–water partition coefficient (Wildman–Crippen LogP) is 2.68. The van der Waals surface area contributed by atoms with Gasteiger partial charge in [0, 0.05) is 31.7 Å². The maximum atomic E-state index is 12.9. The fraction of sp³-hybridized carbons (Fsp3) is 0.611. The number of nitrogens with zero attached hydrogens (tertiary/aromatic N) is 1. The molecule has 1 aliphatic heterocycles. The molecule has 140 valence electrons. The number of nitrogens with one attached hydrogen (secondary N) is 2. The SMILES string of the molecule is CCC(NC(=O)c1ccc(NC)c(S(=O)(=O)N2CCCC2)c1)C(C)C. The lowest BCUT2D eigenvalue weighted by Gasteiger charge is -2.22. The minimum absolute atomic E-state index is 0.0649. The minimum atomic E-state index is -3.60. The van der Waals surface area contributed by atoms with Gasteiger partial charge in [0.25, 0.3) is 5.91 Å². The van der Waals surface area contributed by atoms with E-state index in [0.717, 1.165) is 19.3 Å². The van der Waals surface area contributed by atoms with Crippen LogP contribution in [0.15, 0.2) is 23.1 Å². The van der Waals surface area contributed by atoms with Crippen LogP contribution in [0.2, 0.25) is 0 Å². The third kappa shape index (κ3) is 4.33. The zero-order chi connectivity index (χ0) is 18.6. The summed E-state index contributed by atoms with van der Waals surface area (Å²) >= 11 is 0. The Hall–Kier alpha value is -1.60. The largest absolute Gasteiger partial charge is 0.387 e. The fourth-order valence-electron chi connectivity index (χ4n) is 3.14. The topological polar surface area (TPSA) is 78.5 Å². The van der Waals surface area contributed by atoms with Gasteiger partial charge in [0.2, 0.25) is 10.0 Å². The van der Waals surface area contributed by atoms with Crippen LogP contribution in [-0.2, 0) is 10.0 Å². The summed E-state index contributed by atoms with van der Waals surface area (Å²) < 4.78 is 27.4. The highest BCUT2D eigenvalue weighted by molar-refractivity contribution is 7.89. The number of hydrogen-bond acceptors (Lipinski definition) is 4. The Morgan fingerprint density at radius 1 is 1.24 bits per heavy atom. The molecular weight excluding hydrogens is 338 g/mol. The molecule has 0 aliphatic carbocycles. The summed E-state index contributed by atoms with van der Waals surface area (Å²) in [4.78, 5) is 12.7. The summed E-state index contributed by atoms with van der Waals surface area (Å²) in [5.41, 5.74) is 0.884. The number of carbonyl (C=O) groups is 1. The number of amides is 1. The molecule has 1 aliphatic rings. The molecule has 0 spiro atoms. The number of carbonyl (C=O) groups excluding carboxylic acids is 1. The molecule has 0 bridgehead atoms. The van der Waals surface area contributed by atoms with Gasteiger partial charge < -0.3 is 10.6 Å². The van der Waals surface area contributed by atoms with E-state index in [9.17, 15) is 13.2 Å². The Morgan fingerprint density at radius 2 is 1.88 bits per heavy atom. The minimum Gasteiger partial charge on any atom is -0.387 e. The van der Waals surface area contributed by atoms with Crippen LogP contribution in [0.1, 0.15) is 50.4 Å². The highest BCUT2D eigenvalue weighted by atomic mass is 32.2. The first-order valence-corrected chi connectivity index (χ1v) is 10.4. The number of anilines is 1. The Morgan fingerprint density at radius 3 is 2.40 bits per heavy atom. The molecule has 1 aromatic carbocycles. The zero-order valence-electron chi connectivity index (χ0n) is 15.5. The molecule has 2 N–H and O–H groups in total. The summed E-state index contributed by atoms with van der Waals surface area (Å²) in [5, 5.41) is 5.92. The molecule has 1 heterocycles. The molecule has 1 atom stereocenters. The first-order chi connectivity index (χ1) is 11.8. The van der Waals surface area contributed by atoms with E-state index in [1.807, 2.05) is 6.92 Å². The Labute approximate surface area is 151 Å². The standard InChI is InChI=1S/C18H29N3O3S/c1-5-15(13(2)3)20-18(22)14-8-9-16(19-4)17(12-14)25(23,24)21-10-6-7-11-21/h8-9,12-13,15,19H,5-7,10-11H2,1-4H3,(H,20,22). The van der Waals surface area contributed by atoms with Gasteiger partial charge in [-0.15, -0.1) is 0 Å². The van der Waals surface area contributed by atoms with Crippen molar-refractivity contribution in [3.63, 3.8) is 0 Å². The van der Waals surface area contributed by atoms with Gasteiger partial charge >= 0.3 is 0 Å². The van der Waals surface area contributed by atoms with Crippen LogP contribution in [0.3, 0.4) is 0 Å². The lowest BCUT2D eigenvalue weighted by atomic mass is 10.0. The fourth-order valence-corrected chi connectivity index (χ4v) is 4.88. The maximum absolute atomic E-state index is 12.9. The second kappa shape index (κ2) is 8.19. The third-order valence-electron chi connectivity index (χ3n) is 4.76. The maximum Gasteiger partial charge on any atom is 0.251 e. The Balaban J connectivity index is 2.35. The van der Waals surface area contributed by atoms with Crippen LogP contribution in [-0.4, -0.2) is 44.8 Å². The third-order valence-corrected chi connectivity index (χ3v) is 6.70. The van der Waals surface area contributed by atoms with E-state index in [2.05, 4.69) is 24.5 Å². The van der Waals surface area contributed by atoms with Crippen molar-refractivity contribution in [3.05, 3.63) is 23.8 Å². The van der Waals surface area contributed by atoms with Crippen molar-refractivity contribution in [2.45, 2.75) is 51.0 Å². The number of benzene rings is 1. The molecule has 1 fully saturated rings. The van der Waals surface area contributed by atoms with Crippen molar-refractivity contribution >= 4 is 21.6 Å². The van der Waals surface area contributed by atoms with E-state index in [0.29, 0.717) is 30.3 Å². The highest BCUT2D eigenvalue weighted by Crippen LogP contribution is 2.28. The van der Waals surface area contributed by atoms with Gasteiger partial charge in [-0.25, -0.2) is 8.42 Å². The summed E-state index contributed by atoms with van der Waals surface area (Å²) in [7, 11) is -1.91. The van der Waals surface area contributed by atoms with E-state index in [-0.39, 0.29) is 16.8 Å². The van der Waals surface area contributed by atoms with Crippen molar-refractivity contribution < 1.29 is 13.2 Å². The zero-order valence-corrected chi connectivity index (χ0v) is 16.3. The molecule has 2 rings (SSSR count). The normalized spacial score (nSPS) is 16.8. The summed E-state index contributed by atoms with van der Waals surface area (Å²) in [5.74, 6) is 0.0828. The summed E-state index contributed by atoms with van der Waals surface area (Å²) in [6.07, 6.45) is 2.58. The second-order valence-corrected chi connectivity index (χ2v) is 8.71. The first-order valence-electron chi connectivity index (χ1n) is 8.94. The molecule has 25 heavy (non-hydrogen) atoms. The van der Waals surface area contributed by atoms with E-state index < -0.39 is 10.0 Å². The molecule has 0 radical (unpaired) electrons. The van der Waals surface area contributed by atoms with Crippen molar-refractivity contribution in [1.82, 2.24) is 9.62 Å². The first kappa shape index (κ1) is 19.7. The van der Waals surface area contributed by atoms with Crippen LogP contribution in [0.5, 0.6) is 0 Å². The lowest BCUT2D eigenvalue weighted by molar-refractivity contribution is 0.0924. The Bertz CT molecular complexity index is 710. The van der Waals surface area contributed by atoms with E-state index in [1.54, 1.807) is 19.2 Å². The average molecular weight is 368 g/mol.